The molecule has 0 aliphatic carbocycles. The minimum atomic E-state index is -0.439. The molecule has 2 aliphatic heterocycles. The van der Waals surface area contributed by atoms with Gasteiger partial charge in [0.1, 0.15) is 18.0 Å². The van der Waals surface area contributed by atoms with E-state index in [0.29, 0.717) is 31.1 Å². The number of aromatic nitrogens is 2. The minimum Gasteiger partial charge on any atom is -0.362 e. The maximum Gasteiger partial charge on any atom is 0.253 e. The van der Waals surface area contributed by atoms with Gasteiger partial charge in [-0.3, -0.25) is 9.69 Å². The third-order valence-corrected chi connectivity index (χ3v) is 5.91. The van der Waals surface area contributed by atoms with Gasteiger partial charge in [0.2, 0.25) is 0 Å². The van der Waals surface area contributed by atoms with Crippen LogP contribution in [0.2, 0.25) is 0 Å². The molecule has 31 heavy (non-hydrogen) atoms. The van der Waals surface area contributed by atoms with Crippen LogP contribution in [0, 0.1) is 5.82 Å². The molecule has 2 aromatic carbocycles. The first-order valence-corrected chi connectivity index (χ1v) is 10.4. The zero-order valence-corrected chi connectivity index (χ0v) is 17.1. The molecule has 2 aliphatic rings. The summed E-state index contributed by atoms with van der Waals surface area (Å²) >= 11 is 0. The molecule has 3 heterocycles. The quantitative estimate of drug-likeness (QED) is 0.651. The number of hydrogen-bond donors (Lipinski definition) is 0. The van der Waals surface area contributed by atoms with E-state index in [4.69, 9.17) is 4.74 Å². The average molecular weight is 418 g/mol. The van der Waals surface area contributed by atoms with E-state index in [1.54, 1.807) is 17.0 Å². The highest BCUT2D eigenvalue weighted by Crippen LogP contribution is 2.33. The summed E-state index contributed by atoms with van der Waals surface area (Å²) in [6.45, 7) is 2.71. The number of morpholine rings is 1. The van der Waals surface area contributed by atoms with Crippen molar-refractivity contribution in [2.45, 2.75) is 18.6 Å². The lowest BCUT2D eigenvalue weighted by molar-refractivity contribution is -0.137. The van der Waals surface area contributed by atoms with Gasteiger partial charge in [-0.2, -0.15) is 0 Å². The maximum atomic E-state index is 13.7. The van der Waals surface area contributed by atoms with Gasteiger partial charge in [-0.1, -0.05) is 36.4 Å². The Kier molecular flexibility index (Phi) is 5.21. The zero-order chi connectivity index (χ0) is 21.3. The van der Waals surface area contributed by atoms with Crippen LogP contribution in [0.4, 0.5) is 10.1 Å². The molecule has 1 unspecified atom stereocenters. The fraction of sp³-hybridized carbons (Fsp3) is 0.292. The van der Waals surface area contributed by atoms with Gasteiger partial charge in [0.25, 0.3) is 5.91 Å². The highest BCUT2D eigenvalue weighted by Gasteiger charge is 2.45. The normalized spacial score (nSPS) is 21.7. The first kappa shape index (κ1) is 19.8. The lowest BCUT2D eigenvalue weighted by Gasteiger charge is -2.40. The maximum absolute atomic E-state index is 13.7. The van der Waals surface area contributed by atoms with Crippen molar-refractivity contribution in [1.29, 1.82) is 0 Å². The van der Waals surface area contributed by atoms with E-state index in [0.717, 1.165) is 24.1 Å². The number of nitrogens with zero attached hydrogens (tertiary/aromatic N) is 4. The Hall–Kier alpha value is -3.16. The molecule has 1 spiro atoms. The van der Waals surface area contributed by atoms with Crippen LogP contribution in [0.15, 0.2) is 67.0 Å². The number of carbonyl (C=O) groups is 1. The molecule has 0 radical (unpaired) electrons. The number of carbonyl (C=O) groups excluding carboxylic acids is 1. The number of anilines is 1. The molecule has 7 heteroatoms. The lowest BCUT2D eigenvalue weighted by Crippen LogP contribution is -2.56. The van der Waals surface area contributed by atoms with Crippen molar-refractivity contribution in [1.82, 2.24) is 14.9 Å². The molecule has 158 valence electrons. The summed E-state index contributed by atoms with van der Waals surface area (Å²) < 4.78 is 19.7. The van der Waals surface area contributed by atoms with Crippen LogP contribution in [0.25, 0.3) is 11.4 Å². The van der Waals surface area contributed by atoms with Crippen LogP contribution in [-0.2, 0) is 16.1 Å². The second-order valence-corrected chi connectivity index (χ2v) is 8.17. The Morgan fingerprint density at radius 3 is 2.61 bits per heavy atom. The molecular formula is C24H23FN4O2. The number of amides is 1. The van der Waals surface area contributed by atoms with E-state index in [9.17, 15) is 9.18 Å². The van der Waals surface area contributed by atoms with Crippen LogP contribution < -0.4 is 4.90 Å². The van der Waals surface area contributed by atoms with Crippen molar-refractivity contribution in [2.75, 3.05) is 31.1 Å². The molecule has 0 bridgehead atoms. The van der Waals surface area contributed by atoms with Crippen molar-refractivity contribution < 1.29 is 13.9 Å². The Bertz CT molecular complexity index is 1080. The van der Waals surface area contributed by atoms with Gasteiger partial charge in [-0.15, -0.1) is 0 Å². The highest BCUT2D eigenvalue weighted by atomic mass is 19.1. The van der Waals surface area contributed by atoms with Gasteiger partial charge in [0, 0.05) is 48.8 Å². The standard InChI is InChI=1S/C24H23FN4O2/c25-20-7-4-8-21(11-20)29-17-24(31-15-22(29)30)9-10-28(16-24)14-18-12-26-23(27-13-18)19-5-2-1-3-6-19/h1-8,11-13H,9-10,14-17H2. The Labute approximate surface area is 180 Å². The van der Waals surface area contributed by atoms with Crippen molar-refractivity contribution in [3.63, 3.8) is 0 Å². The molecular weight excluding hydrogens is 395 g/mol. The number of benzene rings is 2. The van der Waals surface area contributed by atoms with Crippen LogP contribution in [0.3, 0.4) is 0 Å². The SMILES string of the molecule is O=C1COC2(CCN(Cc3cnc(-c4ccccc4)nc3)C2)CN1c1cccc(F)c1. The Morgan fingerprint density at radius 1 is 1.03 bits per heavy atom. The first-order valence-electron chi connectivity index (χ1n) is 10.4. The van der Waals surface area contributed by atoms with Crippen LogP contribution in [0.5, 0.6) is 0 Å². The number of likely N-dealkylation sites (tertiary alicyclic amines) is 1. The fourth-order valence-electron chi connectivity index (χ4n) is 4.33. The van der Waals surface area contributed by atoms with Gasteiger partial charge < -0.3 is 9.64 Å². The third kappa shape index (κ3) is 4.19. The second-order valence-electron chi connectivity index (χ2n) is 8.17. The van der Waals surface area contributed by atoms with E-state index >= 15 is 0 Å². The van der Waals surface area contributed by atoms with E-state index in [1.807, 2.05) is 42.7 Å². The molecule has 0 N–H and O–H groups in total. The molecule has 5 rings (SSSR count). The van der Waals surface area contributed by atoms with Crippen LogP contribution >= 0.6 is 0 Å². The Balaban J connectivity index is 1.26. The summed E-state index contributed by atoms with van der Waals surface area (Å²) in [6.07, 6.45) is 4.55. The molecule has 1 atom stereocenters. The Morgan fingerprint density at radius 2 is 1.84 bits per heavy atom. The van der Waals surface area contributed by atoms with Crippen molar-refractivity contribution in [2.24, 2.45) is 0 Å². The van der Waals surface area contributed by atoms with E-state index in [2.05, 4.69) is 14.9 Å². The topological polar surface area (TPSA) is 58.6 Å². The van der Waals surface area contributed by atoms with E-state index in [-0.39, 0.29) is 18.3 Å². The zero-order valence-electron chi connectivity index (χ0n) is 17.1. The molecule has 1 aromatic heterocycles. The molecule has 6 nitrogen and oxygen atoms in total. The van der Waals surface area contributed by atoms with Gasteiger partial charge in [-0.05, 0) is 24.6 Å². The number of ether oxygens (including phenoxy) is 1. The molecule has 2 saturated heterocycles. The second kappa shape index (κ2) is 8.17. The summed E-state index contributed by atoms with van der Waals surface area (Å²) in [5.41, 5.74) is 2.17. The monoisotopic (exact) mass is 418 g/mol. The largest absolute Gasteiger partial charge is 0.362 e. The van der Waals surface area contributed by atoms with Gasteiger partial charge in [0.05, 0.1) is 6.54 Å². The molecule has 1 amide bonds. The predicted molar refractivity (Wildman–Crippen MR) is 115 cm³/mol. The lowest BCUT2D eigenvalue weighted by atomic mass is 10.00. The first-order chi connectivity index (χ1) is 15.1. The van der Waals surface area contributed by atoms with Crippen molar-refractivity contribution in [3.05, 3.63) is 78.4 Å². The molecule has 3 aromatic rings. The predicted octanol–water partition coefficient (Wildman–Crippen LogP) is 3.29. The van der Waals surface area contributed by atoms with Crippen LogP contribution in [-0.4, -0.2) is 52.6 Å². The van der Waals surface area contributed by atoms with Gasteiger partial charge >= 0.3 is 0 Å². The van der Waals surface area contributed by atoms with Crippen molar-refractivity contribution in [3.8, 4) is 11.4 Å². The number of halogens is 1. The smallest absolute Gasteiger partial charge is 0.253 e. The van der Waals surface area contributed by atoms with Gasteiger partial charge in [-0.25, -0.2) is 14.4 Å². The highest BCUT2D eigenvalue weighted by molar-refractivity contribution is 5.95. The summed E-state index contributed by atoms with van der Waals surface area (Å²) in [5.74, 6) is 0.222. The van der Waals surface area contributed by atoms with Crippen molar-refractivity contribution >= 4 is 11.6 Å². The molecule has 2 fully saturated rings. The minimum absolute atomic E-state index is 0.0131. The van der Waals surface area contributed by atoms with E-state index < -0.39 is 5.60 Å². The summed E-state index contributed by atoms with van der Waals surface area (Å²) in [5, 5.41) is 0. The summed E-state index contributed by atoms with van der Waals surface area (Å²) in [7, 11) is 0. The summed E-state index contributed by atoms with van der Waals surface area (Å²) in [6, 6.07) is 16.1. The number of hydrogen-bond acceptors (Lipinski definition) is 5. The number of rotatable bonds is 4. The fourth-order valence-corrected chi connectivity index (χ4v) is 4.33. The summed E-state index contributed by atoms with van der Waals surface area (Å²) in [4.78, 5) is 25.4. The van der Waals surface area contributed by atoms with Crippen LogP contribution in [0.1, 0.15) is 12.0 Å². The third-order valence-electron chi connectivity index (χ3n) is 5.91. The average Bonchev–Trinajstić information content (AvgIpc) is 3.19. The molecule has 0 saturated carbocycles. The van der Waals surface area contributed by atoms with E-state index in [1.165, 1.54) is 12.1 Å². The van der Waals surface area contributed by atoms with Gasteiger partial charge in [0.15, 0.2) is 5.82 Å².